The van der Waals surface area contributed by atoms with Gasteiger partial charge >= 0.3 is 0 Å². The van der Waals surface area contributed by atoms with Gasteiger partial charge in [-0.3, -0.25) is 24.2 Å². The Morgan fingerprint density at radius 3 is 2.34 bits per heavy atom. The molecule has 1 aromatic carbocycles. The summed E-state index contributed by atoms with van der Waals surface area (Å²) in [6.45, 7) is 0.473. The summed E-state index contributed by atoms with van der Waals surface area (Å²) in [5.41, 5.74) is 1.33. The van der Waals surface area contributed by atoms with Crippen LogP contribution in [-0.4, -0.2) is 63.5 Å². The topological polar surface area (TPSA) is 99.7 Å². The lowest BCUT2D eigenvalue weighted by molar-refractivity contribution is -0.144. The molecule has 1 N–H and O–H groups in total. The van der Waals surface area contributed by atoms with Crippen molar-refractivity contribution in [2.75, 3.05) is 13.1 Å². The molecule has 1 aliphatic carbocycles. The van der Waals surface area contributed by atoms with Crippen molar-refractivity contribution in [1.29, 1.82) is 0 Å². The average Bonchev–Trinajstić information content (AvgIpc) is 3.39. The molecular weight excluding hydrogens is 444 g/mol. The maximum Gasteiger partial charge on any atom is 0.289 e. The molecule has 2 heterocycles. The van der Waals surface area contributed by atoms with Crippen LogP contribution < -0.4 is 5.32 Å². The van der Waals surface area contributed by atoms with Gasteiger partial charge in [0.1, 0.15) is 12.6 Å². The first-order chi connectivity index (χ1) is 17.0. The lowest BCUT2D eigenvalue weighted by atomic mass is 9.95. The molecule has 1 unspecified atom stereocenters. The second kappa shape index (κ2) is 11.7. The fourth-order valence-electron chi connectivity index (χ4n) is 4.93. The van der Waals surface area contributed by atoms with Gasteiger partial charge < -0.3 is 15.1 Å². The van der Waals surface area contributed by atoms with Crippen LogP contribution in [0.3, 0.4) is 0 Å². The Morgan fingerprint density at radius 1 is 0.914 bits per heavy atom. The highest BCUT2D eigenvalue weighted by Crippen LogP contribution is 2.21. The van der Waals surface area contributed by atoms with E-state index >= 15 is 0 Å². The van der Waals surface area contributed by atoms with Gasteiger partial charge in [0.05, 0.1) is 0 Å². The predicted molar refractivity (Wildman–Crippen MR) is 130 cm³/mol. The summed E-state index contributed by atoms with van der Waals surface area (Å²) in [4.78, 5) is 59.1. The maximum atomic E-state index is 13.3. The second-order valence-corrected chi connectivity index (χ2v) is 9.30. The molecule has 184 valence electrons. The summed E-state index contributed by atoms with van der Waals surface area (Å²) in [7, 11) is 0. The number of nitrogens with one attached hydrogen (secondary N) is 1. The molecule has 3 amide bonds. The van der Waals surface area contributed by atoms with Crippen LogP contribution in [0.5, 0.6) is 0 Å². The minimum absolute atomic E-state index is 0.0325. The van der Waals surface area contributed by atoms with E-state index in [2.05, 4.69) is 10.3 Å². The van der Waals surface area contributed by atoms with E-state index in [-0.39, 0.29) is 30.9 Å². The van der Waals surface area contributed by atoms with E-state index in [1.807, 2.05) is 30.3 Å². The van der Waals surface area contributed by atoms with E-state index in [9.17, 15) is 19.2 Å². The number of hydrogen-bond donors (Lipinski definition) is 1. The van der Waals surface area contributed by atoms with Gasteiger partial charge in [0.15, 0.2) is 0 Å². The predicted octanol–water partition coefficient (Wildman–Crippen LogP) is 2.73. The number of pyridine rings is 1. The van der Waals surface area contributed by atoms with Crippen LogP contribution in [0.25, 0.3) is 0 Å². The summed E-state index contributed by atoms with van der Waals surface area (Å²) in [6.07, 6.45) is 9.21. The molecule has 0 bridgehead atoms. The first kappa shape index (κ1) is 24.6. The number of hydrogen-bond acceptors (Lipinski definition) is 5. The normalized spacial score (nSPS) is 18.2. The minimum Gasteiger partial charge on any atom is -0.347 e. The molecule has 1 saturated heterocycles. The molecule has 4 rings (SSSR count). The van der Waals surface area contributed by atoms with Crippen molar-refractivity contribution in [1.82, 2.24) is 20.1 Å². The van der Waals surface area contributed by atoms with Crippen molar-refractivity contribution < 1.29 is 19.2 Å². The van der Waals surface area contributed by atoms with Gasteiger partial charge in [-0.1, -0.05) is 49.6 Å². The Bertz CT molecular complexity index is 1040. The number of rotatable bonds is 8. The number of ketones is 1. The van der Waals surface area contributed by atoms with Crippen LogP contribution in [0.2, 0.25) is 0 Å². The molecule has 1 aromatic heterocycles. The maximum absolute atomic E-state index is 13.3. The Morgan fingerprint density at radius 2 is 1.63 bits per heavy atom. The highest BCUT2D eigenvalue weighted by atomic mass is 16.2. The molecule has 8 heteroatoms. The number of Topliss-reactive ketones (excluding diaryl/α,β-unsaturated/α-hetero) is 1. The van der Waals surface area contributed by atoms with E-state index in [1.54, 1.807) is 12.1 Å². The van der Waals surface area contributed by atoms with Gasteiger partial charge in [-0.15, -0.1) is 0 Å². The fraction of sp³-hybridized carbons (Fsp3) is 0.444. The first-order valence-corrected chi connectivity index (χ1v) is 12.4. The molecule has 0 radical (unpaired) electrons. The third-order valence-electron chi connectivity index (χ3n) is 6.80. The molecule has 2 fully saturated rings. The summed E-state index contributed by atoms with van der Waals surface area (Å²) in [5, 5.41) is 2.87. The number of likely N-dealkylation sites (tertiary alicyclic amines) is 1. The Labute approximate surface area is 205 Å². The number of amides is 3. The van der Waals surface area contributed by atoms with Crippen LogP contribution in [-0.2, 0) is 20.9 Å². The third-order valence-corrected chi connectivity index (χ3v) is 6.80. The fourth-order valence-corrected chi connectivity index (χ4v) is 4.93. The standard InChI is InChI=1S/C27H32N4O4/c32-24(31-17-7-12-23(31)25(33)26(34)29-22-10-5-2-6-11-22)19-30(18-20-8-3-1-4-9-20)27(35)21-13-15-28-16-14-21/h1,3-4,8-9,13-16,22-23H,2,5-7,10-12,17-19H2,(H,29,34). The highest BCUT2D eigenvalue weighted by Gasteiger charge is 2.38. The van der Waals surface area contributed by atoms with Gasteiger partial charge in [-0.25, -0.2) is 0 Å². The number of benzene rings is 1. The zero-order chi connectivity index (χ0) is 24.6. The van der Waals surface area contributed by atoms with Crippen molar-refractivity contribution in [3.63, 3.8) is 0 Å². The molecule has 2 aliphatic rings. The molecule has 1 atom stereocenters. The number of carbonyl (C=O) groups is 4. The Hall–Kier alpha value is -3.55. The van der Waals surface area contributed by atoms with Gasteiger partial charge in [0, 0.05) is 37.1 Å². The largest absolute Gasteiger partial charge is 0.347 e. The van der Waals surface area contributed by atoms with Crippen LogP contribution in [0, 0.1) is 0 Å². The van der Waals surface area contributed by atoms with Gasteiger partial charge in [0.2, 0.25) is 11.7 Å². The van der Waals surface area contributed by atoms with Gasteiger partial charge in [-0.2, -0.15) is 0 Å². The lowest BCUT2D eigenvalue weighted by Gasteiger charge is -2.29. The number of nitrogens with zero attached hydrogens (tertiary/aromatic N) is 3. The third kappa shape index (κ3) is 6.32. The average molecular weight is 477 g/mol. The second-order valence-electron chi connectivity index (χ2n) is 9.30. The Balaban J connectivity index is 1.45. The quantitative estimate of drug-likeness (QED) is 0.591. The van der Waals surface area contributed by atoms with Crippen LogP contribution in [0.1, 0.15) is 60.9 Å². The van der Waals surface area contributed by atoms with Crippen molar-refractivity contribution in [3.8, 4) is 0 Å². The van der Waals surface area contributed by atoms with Crippen molar-refractivity contribution in [3.05, 3.63) is 66.0 Å². The molecule has 1 aliphatic heterocycles. The van der Waals surface area contributed by atoms with E-state index in [0.29, 0.717) is 24.9 Å². The van der Waals surface area contributed by atoms with E-state index in [0.717, 1.165) is 37.7 Å². The zero-order valence-electron chi connectivity index (χ0n) is 19.9. The lowest BCUT2D eigenvalue weighted by Crippen LogP contribution is -2.51. The molecule has 1 saturated carbocycles. The van der Waals surface area contributed by atoms with Crippen LogP contribution in [0.15, 0.2) is 54.9 Å². The smallest absolute Gasteiger partial charge is 0.289 e. The monoisotopic (exact) mass is 476 g/mol. The molecule has 2 aromatic rings. The highest BCUT2D eigenvalue weighted by molar-refractivity contribution is 6.38. The first-order valence-electron chi connectivity index (χ1n) is 12.4. The SMILES string of the molecule is O=C(NC1CCCCC1)C(=O)C1CCCN1C(=O)CN(Cc1ccccc1)C(=O)c1ccncc1. The summed E-state index contributed by atoms with van der Waals surface area (Å²) >= 11 is 0. The zero-order valence-corrected chi connectivity index (χ0v) is 19.9. The summed E-state index contributed by atoms with van der Waals surface area (Å²) in [5.74, 6) is -1.78. The molecular formula is C27H32N4O4. The van der Waals surface area contributed by atoms with E-state index < -0.39 is 17.7 Å². The van der Waals surface area contributed by atoms with Crippen molar-refractivity contribution in [2.45, 2.75) is 63.6 Å². The number of aromatic nitrogens is 1. The van der Waals surface area contributed by atoms with Crippen molar-refractivity contribution >= 4 is 23.5 Å². The molecule has 8 nitrogen and oxygen atoms in total. The van der Waals surface area contributed by atoms with Crippen molar-refractivity contribution in [2.24, 2.45) is 0 Å². The minimum atomic E-state index is -0.777. The van der Waals surface area contributed by atoms with Crippen LogP contribution in [0.4, 0.5) is 0 Å². The van der Waals surface area contributed by atoms with E-state index in [4.69, 9.17) is 0 Å². The van der Waals surface area contributed by atoms with Gasteiger partial charge in [-0.05, 0) is 43.4 Å². The number of carbonyl (C=O) groups excluding carboxylic acids is 4. The summed E-state index contributed by atoms with van der Waals surface area (Å²) < 4.78 is 0. The van der Waals surface area contributed by atoms with E-state index in [1.165, 1.54) is 22.2 Å². The molecule has 35 heavy (non-hydrogen) atoms. The summed E-state index contributed by atoms with van der Waals surface area (Å²) in [6, 6.07) is 11.9. The van der Waals surface area contributed by atoms with Gasteiger partial charge in [0.25, 0.3) is 11.8 Å². The Kier molecular flexibility index (Phi) is 8.23. The molecule has 0 spiro atoms. The van der Waals surface area contributed by atoms with Crippen LogP contribution >= 0.6 is 0 Å².